The first kappa shape index (κ1) is 27.0. The first-order chi connectivity index (χ1) is 18.9. The second-order valence-corrected chi connectivity index (χ2v) is 10.3. The van der Waals surface area contributed by atoms with Gasteiger partial charge in [0.25, 0.3) is 5.91 Å². The van der Waals surface area contributed by atoms with E-state index in [1.54, 1.807) is 12.1 Å². The van der Waals surface area contributed by atoms with Gasteiger partial charge in [-0.25, -0.2) is 17.9 Å². The van der Waals surface area contributed by atoms with Gasteiger partial charge in [0.15, 0.2) is 11.5 Å². The molecule has 202 valence electrons. The lowest BCUT2D eigenvalue weighted by molar-refractivity contribution is 0.0934. The zero-order valence-corrected chi connectivity index (χ0v) is 22.1. The zero-order chi connectivity index (χ0) is 27.4. The Bertz CT molecular complexity index is 1440. The van der Waals surface area contributed by atoms with E-state index in [0.717, 1.165) is 47.7 Å². The Hall–Kier alpha value is -3.58. The molecule has 8 heteroatoms. The van der Waals surface area contributed by atoms with Crippen molar-refractivity contribution in [2.45, 2.75) is 50.5 Å². The highest BCUT2D eigenvalue weighted by Gasteiger charge is 2.32. The molecule has 0 spiro atoms. The predicted octanol–water partition coefficient (Wildman–Crippen LogP) is 6.92. The number of carbonyl (C=O) groups excluding carboxylic acids is 1. The van der Waals surface area contributed by atoms with Gasteiger partial charge in [0.2, 0.25) is 0 Å². The van der Waals surface area contributed by atoms with Crippen LogP contribution < -0.4 is 5.32 Å². The molecule has 1 N–H and O–H groups in total. The molecule has 0 fully saturated rings. The fourth-order valence-corrected chi connectivity index (χ4v) is 5.56. The van der Waals surface area contributed by atoms with Crippen LogP contribution in [0.5, 0.6) is 0 Å². The molecule has 0 radical (unpaired) electrons. The van der Waals surface area contributed by atoms with Crippen LogP contribution in [0.1, 0.15) is 58.1 Å². The number of hydrogen-bond donors (Lipinski definition) is 1. The van der Waals surface area contributed by atoms with Crippen LogP contribution in [0.3, 0.4) is 0 Å². The van der Waals surface area contributed by atoms with Gasteiger partial charge in [0, 0.05) is 29.5 Å². The summed E-state index contributed by atoms with van der Waals surface area (Å²) in [5.74, 6) is -2.04. The molecule has 1 aromatic heterocycles. The Balaban J connectivity index is 1.54. The van der Waals surface area contributed by atoms with E-state index in [0.29, 0.717) is 19.3 Å². The highest BCUT2D eigenvalue weighted by atomic mass is 35.5. The van der Waals surface area contributed by atoms with Crippen LogP contribution in [0.25, 0.3) is 5.69 Å². The van der Waals surface area contributed by atoms with E-state index in [9.17, 15) is 13.6 Å². The fourth-order valence-electron chi connectivity index (χ4n) is 5.38. The molecule has 0 aliphatic heterocycles. The minimum Gasteiger partial charge on any atom is -0.346 e. The van der Waals surface area contributed by atoms with E-state index in [2.05, 4.69) is 10.4 Å². The van der Waals surface area contributed by atoms with E-state index >= 15 is 4.39 Å². The second kappa shape index (κ2) is 12.1. The maximum atomic E-state index is 15.1. The Morgan fingerprint density at radius 3 is 2.44 bits per heavy atom. The third-order valence-corrected chi connectivity index (χ3v) is 7.61. The molecule has 4 nitrogen and oxygen atoms in total. The van der Waals surface area contributed by atoms with E-state index in [4.69, 9.17) is 11.6 Å². The molecule has 39 heavy (non-hydrogen) atoms. The van der Waals surface area contributed by atoms with Gasteiger partial charge in [-0.05, 0) is 67.5 Å². The molecule has 4 aromatic rings. The highest BCUT2D eigenvalue weighted by Crippen LogP contribution is 2.37. The van der Waals surface area contributed by atoms with Crippen molar-refractivity contribution in [1.29, 1.82) is 0 Å². The quantitative estimate of drug-likeness (QED) is 0.191. The Morgan fingerprint density at radius 2 is 1.72 bits per heavy atom. The SMILES string of the molecule is O=C(NC(CCl)Cc1ccccc1)c1nn(-c2ccc(F)cc2F)c2c1CCCCC2Cc1ccc(F)cc1. The van der Waals surface area contributed by atoms with Gasteiger partial charge in [-0.1, -0.05) is 48.9 Å². The van der Waals surface area contributed by atoms with Crippen molar-refractivity contribution in [3.8, 4) is 5.69 Å². The van der Waals surface area contributed by atoms with Crippen LogP contribution in [0.4, 0.5) is 13.2 Å². The molecule has 0 bridgehead atoms. The monoisotopic (exact) mass is 551 g/mol. The molecule has 0 saturated carbocycles. The molecule has 3 aromatic carbocycles. The first-order valence-electron chi connectivity index (χ1n) is 13.2. The molecule has 1 aliphatic carbocycles. The van der Waals surface area contributed by atoms with E-state index in [-0.39, 0.29) is 40.9 Å². The third-order valence-electron chi connectivity index (χ3n) is 7.23. The van der Waals surface area contributed by atoms with Gasteiger partial charge in [-0.2, -0.15) is 5.10 Å². The summed E-state index contributed by atoms with van der Waals surface area (Å²) in [5, 5.41) is 7.65. The van der Waals surface area contributed by atoms with Gasteiger partial charge in [-0.15, -0.1) is 11.6 Å². The number of amides is 1. The maximum absolute atomic E-state index is 15.1. The van der Waals surface area contributed by atoms with Crippen molar-refractivity contribution >= 4 is 17.5 Å². The number of carbonyl (C=O) groups is 1. The average Bonchev–Trinajstić information content (AvgIpc) is 3.18. The molecular weight excluding hydrogens is 523 g/mol. The summed E-state index contributed by atoms with van der Waals surface area (Å²) in [6, 6.07) is 19.1. The standard InChI is InChI=1S/C31H29ClF3N3O/c32-19-25(17-20-6-2-1-3-7-20)36-31(39)29-26-9-5-4-8-22(16-21-10-12-23(33)13-11-21)30(26)38(37-29)28-15-14-24(34)18-27(28)35/h1-3,6-7,10-15,18,22,25H,4-5,8-9,16-17,19H2,(H,36,39). The summed E-state index contributed by atoms with van der Waals surface area (Å²) in [7, 11) is 0. The van der Waals surface area contributed by atoms with Crippen molar-refractivity contribution < 1.29 is 18.0 Å². The number of nitrogens with one attached hydrogen (secondary N) is 1. The van der Waals surface area contributed by atoms with Crippen molar-refractivity contribution in [3.63, 3.8) is 0 Å². The number of benzene rings is 3. The predicted molar refractivity (Wildman–Crippen MR) is 146 cm³/mol. The number of fused-ring (bicyclic) bond motifs is 1. The van der Waals surface area contributed by atoms with Gasteiger partial charge >= 0.3 is 0 Å². The summed E-state index contributed by atoms with van der Waals surface area (Å²) in [4.78, 5) is 13.6. The first-order valence-corrected chi connectivity index (χ1v) is 13.7. The Labute approximate surface area is 230 Å². The maximum Gasteiger partial charge on any atom is 0.272 e. The number of halogens is 4. The van der Waals surface area contributed by atoms with E-state index in [1.807, 2.05) is 30.3 Å². The summed E-state index contributed by atoms with van der Waals surface area (Å²) in [6.07, 6.45) is 4.27. The van der Waals surface area contributed by atoms with Crippen molar-refractivity contribution in [3.05, 3.63) is 118 Å². The normalized spacial score (nSPS) is 15.8. The lowest BCUT2D eigenvalue weighted by Crippen LogP contribution is -2.38. The minimum absolute atomic E-state index is 0.0795. The van der Waals surface area contributed by atoms with Crippen LogP contribution >= 0.6 is 11.6 Å². The largest absolute Gasteiger partial charge is 0.346 e. The lowest BCUT2D eigenvalue weighted by atomic mass is 9.90. The van der Waals surface area contributed by atoms with Crippen LogP contribution in [0, 0.1) is 17.5 Å². The van der Waals surface area contributed by atoms with Crippen molar-refractivity contribution in [2.75, 3.05) is 5.88 Å². The Kier molecular flexibility index (Phi) is 8.36. The minimum atomic E-state index is -0.764. The van der Waals surface area contributed by atoms with Crippen LogP contribution in [-0.2, 0) is 19.3 Å². The van der Waals surface area contributed by atoms with Crippen LogP contribution in [-0.4, -0.2) is 27.6 Å². The molecule has 2 unspecified atom stereocenters. The second-order valence-electron chi connectivity index (χ2n) is 10.0. The van der Waals surface area contributed by atoms with Gasteiger partial charge in [-0.3, -0.25) is 4.79 Å². The molecule has 1 amide bonds. The summed E-state index contributed by atoms with van der Waals surface area (Å²) in [6.45, 7) is 0. The molecule has 1 aliphatic rings. The molecule has 2 atom stereocenters. The van der Waals surface area contributed by atoms with Crippen LogP contribution in [0.15, 0.2) is 72.8 Å². The van der Waals surface area contributed by atoms with Gasteiger partial charge < -0.3 is 5.32 Å². The number of rotatable bonds is 8. The molecule has 0 saturated heterocycles. The topological polar surface area (TPSA) is 46.9 Å². The van der Waals surface area contributed by atoms with Crippen molar-refractivity contribution in [1.82, 2.24) is 15.1 Å². The Morgan fingerprint density at radius 1 is 0.974 bits per heavy atom. The zero-order valence-electron chi connectivity index (χ0n) is 21.3. The van der Waals surface area contributed by atoms with Crippen LogP contribution in [0.2, 0.25) is 0 Å². The third kappa shape index (κ3) is 6.19. The number of hydrogen-bond acceptors (Lipinski definition) is 2. The number of aromatic nitrogens is 2. The fraction of sp³-hybridized carbons (Fsp3) is 0.290. The van der Waals surface area contributed by atoms with E-state index in [1.165, 1.54) is 28.9 Å². The summed E-state index contributed by atoms with van der Waals surface area (Å²) in [5.41, 5.74) is 3.77. The summed E-state index contributed by atoms with van der Waals surface area (Å²) < 4.78 is 43.9. The smallest absolute Gasteiger partial charge is 0.272 e. The number of alkyl halides is 1. The highest BCUT2D eigenvalue weighted by molar-refractivity contribution is 6.18. The van der Waals surface area contributed by atoms with E-state index < -0.39 is 11.6 Å². The molecular formula is C31H29ClF3N3O. The number of nitrogens with zero attached hydrogens (tertiary/aromatic N) is 2. The summed E-state index contributed by atoms with van der Waals surface area (Å²) >= 11 is 6.23. The molecule has 1 heterocycles. The van der Waals surface area contributed by atoms with Crippen molar-refractivity contribution in [2.24, 2.45) is 0 Å². The molecule has 5 rings (SSSR count). The van der Waals surface area contributed by atoms with Gasteiger partial charge in [0.05, 0.1) is 5.69 Å². The van der Waals surface area contributed by atoms with Gasteiger partial charge in [0.1, 0.15) is 17.3 Å². The lowest BCUT2D eigenvalue weighted by Gasteiger charge is -2.19. The average molecular weight is 552 g/mol.